The summed E-state index contributed by atoms with van der Waals surface area (Å²) in [6, 6.07) is 7.93. The van der Waals surface area contributed by atoms with E-state index in [0.29, 0.717) is 5.76 Å². The van der Waals surface area contributed by atoms with Crippen molar-refractivity contribution in [2.75, 3.05) is 0 Å². The molecule has 0 spiro atoms. The molecule has 0 aliphatic heterocycles. The van der Waals surface area contributed by atoms with Gasteiger partial charge < -0.3 is 0 Å². The quantitative estimate of drug-likeness (QED) is 0.546. The number of rotatable bonds is 3. The summed E-state index contributed by atoms with van der Waals surface area (Å²) in [6.45, 7) is 22.5. The summed E-state index contributed by atoms with van der Waals surface area (Å²) in [5.74, 6) is 0.516. The molecule has 144 valence electrons. The minimum atomic E-state index is -4.39. The molecule has 28 heavy (non-hydrogen) atoms. The van der Waals surface area contributed by atoms with Gasteiger partial charge in [-0.15, -0.1) is 0 Å². The van der Waals surface area contributed by atoms with E-state index in [2.05, 4.69) is 49.1 Å². The second-order valence-electron chi connectivity index (χ2n) is 3.39. The van der Waals surface area contributed by atoms with Gasteiger partial charge in [0.05, 0.1) is 0 Å². The fraction of sp³-hybridized carbons (Fsp3) is 0.0588. The summed E-state index contributed by atoms with van der Waals surface area (Å²) < 4.78 is 85.6. The number of furan rings is 1. The van der Waals surface area contributed by atoms with E-state index in [1.165, 1.54) is 18.4 Å². The van der Waals surface area contributed by atoms with Gasteiger partial charge in [-0.2, -0.15) is 0 Å². The average molecular weight is 432 g/mol. The molecule has 0 fully saturated rings. The zero-order valence-corrected chi connectivity index (χ0v) is 14.7. The van der Waals surface area contributed by atoms with Crippen molar-refractivity contribution < 1.29 is 61.4 Å². The fourth-order valence-electron chi connectivity index (χ4n) is 1.29. The van der Waals surface area contributed by atoms with E-state index in [1.807, 2.05) is 0 Å². The number of benzene rings is 1. The molecule has 0 amide bonds. The maximum atomic E-state index is 12.5. The van der Waals surface area contributed by atoms with Gasteiger partial charge in [-0.3, -0.25) is 0 Å². The van der Waals surface area contributed by atoms with E-state index in [0.717, 1.165) is 12.1 Å². The molecule has 0 radical (unpaired) electrons. The molecule has 0 saturated carbocycles. The van der Waals surface area contributed by atoms with Crippen LogP contribution in [0.25, 0.3) is 0 Å². The summed E-state index contributed by atoms with van der Waals surface area (Å²) in [6.07, 6.45) is -2.94. The Hall–Kier alpha value is -2.81. The molecule has 2 rings (SSSR count). The summed E-state index contributed by atoms with van der Waals surface area (Å²) in [5, 5.41) is 0. The molecule has 0 atom stereocenters. The van der Waals surface area contributed by atoms with Gasteiger partial charge in [0.25, 0.3) is 0 Å². The SMILES string of the molecule is FC(F)(F)c1cccc(O[C](=[Cr])c2ccco2)c1.[C-]#[O+].[C-]#[O+].[C-]#[O+].[C-]#[O+].[C-]#[O+]. The molecule has 0 N–H and O–H groups in total. The van der Waals surface area contributed by atoms with E-state index >= 15 is 0 Å². The van der Waals surface area contributed by atoms with Crippen LogP contribution in [-0.2, 0) is 45.3 Å². The van der Waals surface area contributed by atoms with Gasteiger partial charge in [0.15, 0.2) is 0 Å². The number of hydrogen-bond donors (Lipinski definition) is 0. The second kappa shape index (κ2) is 22.2. The Morgan fingerprint density at radius 3 is 1.75 bits per heavy atom. The van der Waals surface area contributed by atoms with Crippen molar-refractivity contribution in [3.63, 3.8) is 0 Å². The third-order valence-corrected chi connectivity index (χ3v) is 2.54. The first-order valence-electron chi connectivity index (χ1n) is 5.92. The maximum absolute atomic E-state index is 12.5. The van der Waals surface area contributed by atoms with Crippen LogP contribution in [0.5, 0.6) is 5.75 Å². The van der Waals surface area contributed by atoms with Crippen molar-refractivity contribution in [2.24, 2.45) is 0 Å². The van der Waals surface area contributed by atoms with E-state index in [-0.39, 0.29) is 10.3 Å². The Balaban J connectivity index is -0.000000251. The van der Waals surface area contributed by atoms with Gasteiger partial charge in [-0.05, 0) is 0 Å². The van der Waals surface area contributed by atoms with Crippen LogP contribution in [0, 0.1) is 33.3 Å². The first-order chi connectivity index (χ1) is 13.5. The van der Waals surface area contributed by atoms with Crippen molar-refractivity contribution in [3.05, 3.63) is 87.2 Å². The van der Waals surface area contributed by atoms with Crippen LogP contribution in [0.2, 0.25) is 0 Å². The van der Waals surface area contributed by atoms with Crippen LogP contribution in [0.3, 0.4) is 0 Å². The molecule has 0 aliphatic rings. The first kappa shape index (κ1) is 32.8. The molecule has 7 nitrogen and oxygen atoms in total. The summed E-state index contributed by atoms with van der Waals surface area (Å²) in [5.41, 5.74) is -0.757. The van der Waals surface area contributed by atoms with Gasteiger partial charge >= 0.3 is 165 Å². The molecule has 0 saturated heterocycles. The van der Waals surface area contributed by atoms with Crippen molar-refractivity contribution in [3.8, 4) is 5.75 Å². The summed E-state index contributed by atoms with van der Waals surface area (Å²) >= 11 is 2.61. The number of hydrogen-bond acceptors (Lipinski definition) is 2. The molecular formula is C17H7CrF3O7. The van der Waals surface area contributed by atoms with E-state index < -0.39 is 11.7 Å². The zero-order valence-electron chi connectivity index (χ0n) is 13.4. The first-order valence-corrected chi connectivity index (χ1v) is 6.55. The number of ether oxygens (including phenoxy) is 1. The fourth-order valence-corrected chi connectivity index (χ4v) is 1.62. The second-order valence-corrected chi connectivity index (χ2v) is 3.97. The predicted octanol–water partition coefficient (Wildman–Crippen LogP) is 3.21. The normalized spacial score (nSPS) is 7.61. The summed E-state index contributed by atoms with van der Waals surface area (Å²) in [7, 11) is 0. The summed E-state index contributed by atoms with van der Waals surface area (Å²) in [4.78, 5) is 0. The molecular weight excluding hydrogens is 425 g/mol. The van der Waals surface area contributed by atoms with Crippen LogP contribution in [0.1, 0.15) is 11.3 Å². The van der Waals surface area contributed by atoms with E-state index in [4.69, 9.17) is 32.4 Å². The topological polar surface area (TPSA) is 122 Å². The van der Waals surface area contributed by atoms with Crippen molar-refractivity contribution in [2.45, 2.75) is 6.18 Å². The Morgan fingerprint density at radius 1 is 0.857 bits per heavy atom. The molecule has 1 heterocycles. The third-order valence-electron chi connectivity index (χ3n) is 2.09. The average Bonchev–Trinajstić information content (AvgIpc) is 3.30. The van der Waals surface area contributed by atoms with Crippen molar-refractivity contribution in [1.82, 2.24) is 0 Å². The monoisotopic (exact) mass is 432 g/mol. The minimum absolute atomic E-state index is 0.0926. The van der Waals surface area contributed by atoms with Crippen LogP contribution < -0.4 is 4.74 Å². The third kappa shape index (κ3) is 14.4. The molecule has 0 aliphatic carbocycles. The van der Waals surface area contributed by atoms with Crippen LogP contribution >= 0.6 is 0 Å². The molecule has 0 bridgehead atoms. The Kier molecular flexibility index (Phi) is 26.1. The molecule has 1 aromatic heterocycles. The molecule has 0 unspecified atom stereocenters. The standard InChI is InChI=1S/C12H7F3O2.5CO.Cr/c13-12(14,15)9-3-1-4-10(7-9)17-8-11-5-2-6-16-11;5*1-2;/h1-7H;;;;;;. The van der Waals surface area contributed by atoms with Gasteiger partial charge in [0, 0.05) is 0 Å². The van der Waals surface area contributed by atoms with E-state index in [1.54, 1.807) is 12.1 Å². The van der Waals surface area contributed by atoms with Gasteiger partial charge in [0.1, 0.15) is 0 Å². The van der Waals surface area contributed by atoms with E-state index in [9.17, 15) is 13.2 Å². The number of alkyl halides is 3. The van der Waals surface area contributed by atoms with Crippen molar-refractivity contribution in [1.29, 1.82) is 0 Å². The van der Waals surface area contributed by atoms with Gasteiger partial charge in [-0.25, -0.2) is 0 Å². The predicted molar refractivity (Wildman–Crippen MR) is 74.5 cm³/mol. The van der Waals surface area contributed by atoms with Crippen LogP contribution in [0.4, 0.5) is 13.2 Å². The Bertz CT molecular complexity index is 723. The molecule has 1 aromatic carbocycles. The van der Waals surface area contributed by atoms with Crippen LogP contribution in [0.15, 0.2) is 47.1 Å². The van der Waals surface area contributed by atoms with Crippen molar-refractivity contribution >= 4 is 4.57 Å². The zero-order chi connectivity index (χ0) is 23.2. The molecule has 2 aromatic rings. The van der Waals surface area contributed by atoms with Gasteiger partial charge in [-0.1, -0.05) is 0 Å². The molecule has 11 heteroatoms. The Morgan fingerprint density at radius 2 is 1.36 bits per heavy atom. The Labute approximate surface area is 165 Å². The van der Waals surface area contributed by atoms with Crippen LogP contribution in [-0.4, -0.2) is 4.57 Å². The number of halogens is 3. The van der Waals surface area contributed by atoms with Gasteiger partial charge in [0.2, 0.25) is 0 Å².